The van der Waals surface area contributed by atoms with Crippen molar-refractivity contribution in [2.45, 2.75) is 32.7 Å². The molecule has 3 rings (SSSR count). The molecule has 0 saturated carbocycles. The predicted octanol–water partition coefficient (Wildman–Crippen LogP) is 5.34. The summed E-state index contributed by atoms with van der Waals surface area (Å²) in [5, 5.41) is 1.26. The van der Waals surface area contributed by atoms with Crippen LogP contribution in [0.15, 0.2) is 60.7 Å². The van der Waals surface area contributed by atoms with Gasteiger partial charge in [-0.2, -0.15) is 0 Å². The van der Waals surface area contributed by atoms with Crippen LogP contribution in [0.1, 0.15) is 30.5 Å². The molecule has 0 spiro atoms. The molecule has 1 heterocycles. The summed E-state index contributed by atoms with van der Waals surface area (Å²) in [5.41, 5.74) is 3.49. The molecule has 4 nitrogen and oxygen atoms in total. The minimum atomic E-state index is 0.160. The molecule has 158 valence electrons. The van der Waals surface area contributed by atoms with Gasteiger partial charge in [-0.25, -0.2) is 0 Å². The SMILES string of the molecule is Cc1cc2ccccc2n1CCCC(=O)/C=C/c1ccc(OCCCN(C)C)cc1. The van der Waals surface area contributed by atoms with Crippen molar-refractivity contribution in [2.24, 2.45) is 0 Å². The molecule has 0 atom stereocenters. The third-order valence-electron chi connectivity index (χ3n) is 5.18. The second-order valence-corrected chi connectivity index (χ2v) is 7.97. The van der Waals surface area contributed by atoms with Crippen LogP contribution < -0.4 is 4.74 Å². The van der Waals surface area contributed by atoms with Gasteiger partial charge in [0.25, 0.3) is 0 Å². The second kappa shape index (κ2) is 10.8. The number of ketones is 1. The van der Waals surface area contributed by atoms with E-state index in [0.29, 0.717) is 13.0 Å². The van der Waals surface area contributed by atoms with Gasteiger partial charge in [0.05, 0.1) is 6.61 Å². The fourth-order valence-corrected chi connectivity index (χ4v) is 3.58. The van der Waals surface area contributed by atoms with Crippen LogP contribution in [0.3, 0.4) is 0 Å². The third kappa shape index (κ3) is 6.33. The van der Waals surface area contributed by atoms with Crippen LogP contribution in [-0.2, 0) is 11.3 Å². The predicted molar refractivity (Wildman–Crippen MR) is 125 cm³/mol. The fraction of sp³-hybridized carbons (Fsp3) is 0.346. The maximum atomic E-state index is 12.3. The molecular formula is C26H32N2O2. The Hall–Kier alpha value is -2.85. The van der Waals surface area contributed by atoms with E-state index in [-0.39, 0.29) is 5.78 Å². The van der Waals surface area contributed by atoms with Gasteiger partial charge in [-0.15, -0.1) is 0 Å². The number of rotatable bonds is 11. The normalized spacial score (nSPS) is 11.6. The lowest BCUT2D eigenvalue weighted by molar-refractivity contribution is -0.114. The van der Waals surface area contributed by atoms with E-state index >= 15 is 0 Å². The van der Waals surface area contributed by atoms with Crippen LogP contribution in [0, 0.1) is 6.92 Å². The molecule has 0 saturated heterocycles. The smallest absolute Gasteiger partial charge is 0.155 e. The van der Waals surface area contributed by atoms with E-state index in [1.807, 2.05) is 30.3 Å². The van der Waals surface area contributed by atoms with Crippen LogP contribution in [0.4, 0.5) is 0 Å². The van der Waals surface area contributed by atoms with Crippen molar-refractivity contribution in [3.63, 3.8) is 0 Å². The number of aryl methyl sites for hydroxylation is 2. The average molecular weight is 405 g/mol. The van der Waals surface area contributed by atoms with Crippen molar-refractivity contribution < 1.29 is 9.53 Å². The van der Waals surface area contributed by atoms with Crippen molar-refractivity contribution in [1.29, 1.82) is 0 Å². The Balaban J connectivity index is 1.43. The Morgan fingerprint density at radius 2 is 1.83 bits per heavy atom. The lowest BCUT2D eigenvalue weighted by atomic mass is 10.1. The average Bonchev–Trinajstić information content (AvgIpc) is 3.05. The number of fused-ring (bicyclic) bond motifs is 1. The Bertz CT molecular complexity index is 984. The largest absolute Gasteiger partial charge is 0.494 e. The molecule has 3 aromatic rings. The van der Waals surface area contributed by atoms with Gasteiger partial charge >= 0.3 is 0 Å². The van der Waals surface area contributed by atoms with Crippen LogP contribution >= 0.6 is 0 Å². The van der Waals surface area contributed by atoms with Crippen molar-refractivity contribution in [1.82, 2.24) is 9.47 Å². The van der Waals surface area contributed by atoms with Crippen LogP contribution in [0.5, 0.6) is 5.75 Å². The highest BCUT2D eigenvalue weighted by Crippen LogP contribution is 2.20. The quantitative estimate of drug-likeness (QED) is 0.319. The second-order valence-electron chi connectivity index (χ2n) is 7.97. The van der Waals surface area contributed by atoms with Crippen LogP contribution in [0.25, 0.3) is 17.0 Å². The number of benzene rings is 2. The summed E-state index contributed by atoms with van der Waals surface area (Å²) in [4.78, 5) is 14.4. The number of ether oxygens (including phenoxy) is 1. The Labute approximate surface area is 179 Å². The highest BCUT2D eigenvalue weighted by Gasteiger charge is 2.05. The number of hydrogen-bond donors (Lipinski definition) is 0. The van der Waals surface area contributed by atoms with Gasteiger partial charge in [-0.3, -0.25) is 4.79 Å². The van der Waals surface area contributed by atoms with E-state index in [1.54, 1.807) is 6.08 Å². The lowest BCUT2D eigenvalue weighted by Crippen LogP contribution is -2.15. The van der Waals surface area contributed by atoms with Gasteiger partial charge in [0.15, 0.2) is 5.78 Å². The summed E-state index contributed by atoms with van der Waals surface area (Å²) in [6.07, 6.45) is 5.96. The number of aromatic nitrogens is 1. The van der Waals surface area contributed by atoms with Crippen molar-refractivity contribution in [3.05, 3.63) is 71.9 Å². The Kier molecular flexibility index (Phi) is 7.86. The molecule has 30 heavy (non-hydrogen) atoms. The number of allylic oxidation sites excluding steroid dienone is 1. The summed E-state index contributed by atoms with van der Waals surface area (Å²) >= 11 is 0. The van der Waals surface area contributed by atoms with Crippen LogP contribution in [-0.4, -0.2) is 42.5 Å². The Morgan fingerprint density at radius 3 is 2.60 bits per heavy atom. The molecule has 0 radical (unpaired) electrons. The highest BCUT2D eigenvalue weighted by atomic mass is 16.5. The number of carbonyl (C=O) groups is 1. The number of nitrogens with zero attached hydrogens (tertiary/aromatic N) is 2. The minimum absolute atomic E-state index is 0.160. The summed E-state index contributed by atoms with van der Waals surface area (Å²) in [7, 11) is 4.12. The van der Waals surface area contributed by atoms with Crippen molar-refractivity contribution in [2.75, 3.05) is 27.2 Å². The molecule has 4 heteroatoms. The van der Waals surface area contributed by atoms with Crippen molar-refractivity contribution >= 4 is 22.8 Å². The third-order valence-corrected chi connectivity index (χ3v) is 5.18. The van der Waals surface area contributed by atoms with Crippen molar-refractivity contribution in [3.8, 4) is 5.75 Å². The van der Waals surface area contributed by atoms with Gasteiger partial charge in [-0.05, 0) is 75.2 Å². The summed E-state index contributed by atoms with van der Waals surface area (Å²) in [6, 6.07) is 18.5. The van der Waals surface area contributed by atoms with Crippen LogP contribution in [0.2, 0.25) is 0 Å². The van der Waals surface area contributed by atoms with E-state index in [4.69, 9.17) is 4.74 Å². The molecule has 0 unspecified atom stereocenters. The maximum absolute atomic E-state index is 12.3. The first-order valence-electron chi connectivity index (χ1n) is 10.7. The van der Waals surface area contributed by atoms with Gasteiger partial charge in [0.2, 0.25) is 0 Å². The molecule has 0 aliphatic rings. The highest BCUT2D eigenvalue weighted by molar-refractivity contribution is 5.93. The first-order valence-corrected chi connectivity index (χ1v) is 10.7. The molecule has 0 amide bonds. The van der Waals surface area contributed by atoms with Gasteiger partial charge < -0.3 is 14.2 Å². The Morgan fingerprint density at radius 1 is 1.07 bits per heavy atom. The van der Waals surface area contributed by atoms with Gasteiger partial charge in [-0.1, -0.05) is 36.4 Å². The van der Waals surface area contributed by atoms with E-state index in [1.165, 1.54) is 16.6 Å². The number of hydrogen-bond acceptors (Lipinski definition) is 3. The molecular weight excluding hydrogens is 372 g/mol. The minimum Gasteiger partial charge on any atom is -0.494 e. The van der Waals surface area contributed by atoms with E-state index in [0.717, 1.165) is 37.2 Å². The molecule has 1 aromatic heterocycles. The summed E-state index contributed by atoms with van der Waals surface area (Å²) in [6.45, 7) is 4.71. The molecule has 2 aromatic carbocycles. The van der Waals surface area contributed by atoms with Gasteiger partial charge in [0.1, 0.15) is 5.75 Å². The molecule has 0 aliphatic carbocycles. The summed E-state index contributed by atoms with van der Waals surface area (Å²) in [5.74, 6) is 1.03. The van der Waals surface area contributed by atoms with E-state index in [2.05, 4.69) is 60.8 Å². The molecule has 0 fully saturated rings. The molecule has 0 aliphatic heterocycles. The number of para-hydroxylation sites is 1. The van der Waals surface area contributed by atoms with E-state index in [9.17, 15) is 4.79 Å². The summed E-state index contributed by atoms with van der Waals surface area (Å²) < 4.78 is 8.04. The van der Waals surface area contributed by atoms with Gasteiger partial charge in [0, 0.05) is 30.7 Å². The first kappa shape index (κ1) is 21.8. The number of carbonyl (C=O) groups excluding carboxylic acids is 1. The topological polar surface area (TPSA) is 34.5 Å². The first-order chi connectivity index (χ1) is 14.5. The van der Waals surface area contributed by atoms with E-state index < -0.39 is 0 Å². The maximum Gasteiger partial charge on any atom is 0.155 e. The molecule has 0 bridgehead atoms. The standard InChI is InChI=1S/C26H32N2O2/c1-21-20-23-8-4-5-10-26(23)28(21)18-6-9-24(29)14-11-22-12-15-25(16-13-22)30-19-7-17-27(2)3/h4-5,8,10-16,20H,6-7,9,17-19H2,1-3H3/b14-11+. The molecule has 0 N–H and O–H groups in total. The monoisotopic (exact) mass is 404 g/mol. The lowest BCUT2D eigenvalue weighted by Gasteiger charge is -2.10. The zero-order valence-corrected chi connectivity index (χ0v) is 18.3. The zero-order chi connectivity index (χ0) is 21.3. The zero-order valence-electron chi connectivity index (χ0n) is 18.3. The fourth-order valence-electron chi connectivity index (χ4n) is 3.58.